The van der Waals surface area contributed by atoms with E-state index < -0.39 is 0 Å². The minimum absolute atomic E-state index is 0.213. The van der Waals surface area contributed by atoms with Gasteiger partial charge in [-0.3, -0.25) is 4.79 Å². The van der Waals surface area contributed by atoms with Crippen molar-refractivity contribution in [1.29, 1.82) is 0 Å². The van der Waals surface area contributed by atoms with E-state index in [9.17, 15) is 14.3 Å². The van der Waals surface area contributed by atoms with Crippen LogP contribution < -0.4 is 10.2 Å². The van der Waals surface area contributed by atoms with E-state index in [1.807, 2.05) is 12.1 Å². The summed E-state index contributed by atoms with van der Waals surface area (Å²) in [5.41, 5.74) is 2.64. The predicted molar refractivity (Wildman–Crippen MR) is 96.0 cm³/mol. The summed E-state index contributed by atoms with van der Waals surface area (Å²) < 4.78 is 12.9. The summed E-state index contributed by atoms with van der Waals surface area (Å²) >= 11 is 0. The lowest BCUT2D eigenvalue weighted by atomic mass is 9.97. The van der Waals surface area contributed by atoms with Crippen LogP contribution >= 0.6 is 0 Å². The molecule has 0 aliphatic carbocycles. The molecule has 0 bridgehead atoms. The van der Waals surface area contributed by atoms with Crippen molar-refractivity contribution in [3.63, 3.8) is 0 Å². The first-order valence-corrected chi connectivity index (χ1v) is 8.64. The minimum atomic E-state index is -0.352. The molecule has 2 N–H and O–H groups in total. The molecule has 1 fully saturated rings. The second kappa shape index (κ2) is 8.12. The number of nitrogens with one attached hydrogen (secondary N) is 1. The first-order chi connectivity index (χ1) is 12.2. The molecule has 3 rings (SSSR count). The zero-order valence-corrected chi connectivity index (χ0v) is 14.1. The van der Waals surface area contributed by atoms with Crippen LogP contribution in [0.1, 0.15) is 28.8 Å². The fraction of sp³-hybridized carbons (Fsp3) is 0.350. The van der Waals surface area contributed by atoms with Crippen LogP contribution in [0.3, 0.4) is 0 Å². The Kier molecular flexibility index (Phi) is 5.66. The molecule has 0 atom stereocenters. The highest BCUT2D eigenvalue weighted by Crippen LogP contribution is 2.23. The van der Waals surface area contributed by atoms with Gasteiger partial charge in [-0.2, -0.15) is 0 Å². The Balaban J connectivity index is 1.52. The van der Waals surface area contributed by atoms with Crippen molar-refractivity contribution in [2.45, 2.75) is 19.4 Å². The second-order valence-corrected chi connectivity index (χ2v) is 6.47. The van der Waals surface area contributed by atoms with Crippen LogP contribution in [0.2, 0.25) is 0 Å². The number of benzene rings is 2. The van der Waals surface area contributed by atoms with Gasteiger partial charge in [0.25, 0.3) is 5.91 Å². The van der Waals surface area contributed by atoms with Crippen LogP contribution in [0, 0.1) is 11.7 Å². The number of aliphatic hydroxyl groups excluding tert-OH is 1. The molecule has 1 saturated heterocycles. The van der Waals surface area contributed by atoms with Gasteiger partial charge in [0.1, 0.15) is 5.82 Å². The predicted octanol–water partition coefficient (Wildman–Crippen LogP) is 2.96. The first-order valence-electron chi connectivity index (χ1n) is 8.64. The molecular formula is C20H23FN2O2. The molecule has 25 heavy (non-hydrogen) atoms. The maximum absolute atomic E-state index is 12.9. The van der Waals surface area contributed by atoms with Gasteiger partial charge in [-0.15, -0.1) is 0 Å². The van der Waals surface area contributed by atoms with Crippen LogP contribution in [-0.4, -0.2) is 30.7 Å². The summed E-state index contributed by atoms with van der Waals surface area (Å²) in [6.45, 7) is 2.64. The van der Waals surface area contributed by atoms with Gasteiger partial charge in [0.05, 0.1) is 0 Å². The summed E-state index contributed by atoms with van der Waals surface area (Å²) in [4.78, 5) is 14.4. The molecule has 4 nitrogen and oxygen atoms in total. The number of halogens is 1. The smallest absolute Gasteiger partial charge is 0.251 e. The highest BCUT2D eigenvalue weighted by atomic mass is 19.1. The first kappa shape index (κ1) is 17.4. The summed E-state index contributed by atoms with van der Waals surface area (Å²) in [5, 5.41) is 12.1. The molecule has 0 radical (unpaired) electrons. The van der Waals surface area contributed by atoms with Crippen molar-refractivity contribution < 1.29 is 14.3 Å². The molecule has 1 aliphatic rings. The Hall–Kier alpha value is -2.40. The Morgan fingerprint density at radius 3 is 2.32 bits per heavy atom. The molecule has 1 amide bonds. The topological polar surface area (TPSA) is 52.6 Å². The van der Waals surface area contributed by atoms with Crippen molar-refractivity contribution in [2.75, 3.05) is 24.6 Å². The molecule has 2 aromatic rings. The number of carbonyl (C=O) groups is 1. The Bertz CT molecular complexity index is 693. The van der Waals surface area contributed by atoms with Crippen molar-refractivity contribution in [3.8, 4) is 0 Å². The lowest BCUT2D eigenvalue weighted by Crippen LogP contribution is -2.34. The van der Waals surface area contributed by atoms with Crippen molar-refractivity contribution >= 4 is 11.6 Å². The lowest BCUT2D eigenvalue weighted by Gasteiger charge is -2.33. The molecule has 5 heteroatoms. The fourth-order valence-electron chi connectivity index (χ4n) is 3.08. The highest BCUT2D eigenvalue weighted by molar-refractivity contribution is 5.94. The van der Waals surface area contributed by atoms with E-state index in [0.717, 1.165) is 31.5 Å². The highest BCUT2D eigenvalue weighted by Gasteiger charge is 2.18. The van der Waals surface area contributed by atoms with Gasteiger partial charge in [-0.05, 0) is 60.7 Å². The Morgan fingerprint density at radius 1 is 1.08 bits per heavy atom. The third kappa shape index (κ3) is 4.57. The summed E-state index contributed by atoms with van der Waals surface area (Å²) in [5.74, 6) is -0.137. The maximum Gasteiger partial charge on any atom is 0.251 e. The van der Waals surface area contributed by atoms with Crippen LogP contribution in [0.15, 0.2) is 48.5 Å². The van der Waals surface area contributed by atoms with E-state index in [4.69, 9.17) is 0 Å². The van der Waals surface area contributed by atoms with Crippen molar-refractivity contribution in [2.24, 2.45) is 5.92 Å². The maximum atomic E-state index is 12.9. The number of amides is 1. The van der Waals surface area contributed by atoms with Crippen LogP contribution in [-0.2, 0) is 6.54 Å². The van der Waals surface area contributed by atoms with Gasteiger partial charge < -0.3 is 15.3 Å². The molecule has 1 aliphatic heterocycles. The monoisotopic (exact) mass is 342 g/mol. The zero-order chi connectivity index (χ0) is 17.6. The van der Waals surface area contributed by atoms with Gasteiger partial charge >= 0.3 is 0 Å². The summed E-state index contributed by atoms with van der Waals surface area (Å²) in [7, 11) is 0. The van der Waals surface area contributed by atoms with E-state index in [-0.39, 0.29) is 18.3 Å². The number of hydrogen-bond donors (Lipinski definition) is 2. The second-order valence-electron chi connectivity index (χ2n) is 6.47. The molecular weight excluding hydrogens is 319 g/mol. The number of piperidine rings is 1. The van der Waals surface area contributed by atoms with Gasteiger partial charge in [-0.25, -0.2) is 4.39 Å². The van der Waals surface area contributed by atoms with Crippen molar-refractivity contribution in [3.05, 3.63) is 65.5 Å². The standard InChI is InChI=1S/C20H23FN2O2/c21-18-5-3-17(4-6-18)20(25)22-13-15-1-7-19(8-2-15)23-11-9-16(14-24)10-12-23/h1-8,16,24H,9-14H2,(H,22,25). The third-order valence-electron chi connectivity index (χ3n) is 4.73. The minimum Gasteiger partial charge on any atom is -0.396 e. The van der Waals surface area contributed by atoms with Crippen LogP contribution in [0.5, 0.6) is 0 Å². The molecule has 0 aromatic heterocycles. The van der Waals surface area contributed by atoms with E-state index in [2.05, 4.69) is 22.3 Å². The fourth-order valence-corrected chi connectivity index (χ4v) is 3.08. The van der Waals surface area contributed by atoms with Crippen LogP contribution in [0.25, 0.3) is 0 Å². The molecule has 1 heterocycles. The number of hydrogen-bond acceptors (Lipinski definition) is 3. The van der Waals surface area contributed by atoms with E-state index >= 15 is 0 Å². The average Bonchev–Trinajstić information content (AvgIpc) is 2.67. The SMILES string of the molecule is O=C(NCc1ccc(N2CCC(CO)CC2)cc1)c1ccc(F)cc1. The molecule has 0 unspecified atom stereocenters. The molecule has 2 aromatic carbocycles. The van der Waals surface area contributed by atoms with E-state index in [1.54, 1.807) is 0 Å². The van der Waals surface area contributed by atoms with Crippen LogP contribution in [0.4, 0.5) is 10.1 Å². The van der Waals surface area contributed by atoms with Gasteiger partial charge in [0, 0.05) is 37.5 Å². The number of carbonyl (C=O) groups excluding carboxylic acids is 1. The van der Waals surface area contributed by atoms with E-state index in [1.165, 1.54) is 30.0 Å². The lowest BCUT2D eigenvalue weighted by molar-refractivity contribution is 0.0951. The molecule has 132 valence electrons. The number of rotatable bonds is 5. The average molecular weight is 342 g/mol. The largest absolute Gasteiger partial charge is 0.396 e. The number of nitrogens with zero attached hydrogens (tertiary/aromatic N) is 1. The van der Waals surface area contributed by atoms with E-state index in [0.29, 0.717) is 18.0 Å². The van der Waals surface area contributed by atoms with Crippen molar-refractivity contribution in [1.82, 2.24) is 5.32 Å². The molecule has 0 saturated carbocycles. The zero-order valence-electron chi connectivity index (χ0n) is 14.1. The third-order valence-corrected chi connectivity index (χ3v) is 4.73. The summed E-state index contributed by atoms with van der Waals surface area (Å²) in [6.07, 6.45) is 2.04. The van der Waals surface area contributed by atoms with Gasteiger partial charge in [0.2, 0.25) is 0 Å². The van der Waals surface area contributed by atoms with Gasteiger partial charge in [0.15, 0.2) is 0 Å². The Labute approximate surface area is 147 Å². The van der Waals surface area contributed by atoms with Gasteiger partial charge in [-0.1, -0.05) is 12.1 Å². The number of aliphatic hydroxyl groups is 1. The Morgan fingerprint density at radius 2 is 1.72 bits per heavy atom. The molecule has 0 spiro atoms. The number of anilines is 1. The normalized spacial score (nSPS) is 15.2. The quantitative estimate of drug-likeness (QED) is 0.878. The summed E-state index contributed by atoms with van der Waals surface area (Å²) in [6, 6.07) is 13.7.